The van der Waals surface area contributed by atoms with Crippen LogP contribution in [0.25, 0.3) is 0 Å². The molecule has 2 atom stereocenters. The molecule has 19 heavy (non-hydrogen) atoms. The molecule has 2 rings (SSSR count). The summed E-state index contributed by atoms with van der Waals surface area (Å²) in [5.41, 5.74) is 5.47. The lowest BCUT2D eigenvalue weighted by Crippen LogP contribution is -2.37. The van der Waals surface area contributed by atoms with E-state index in [1.54, 1.807) is 0 Å². The van der Waals surface area contributed by atoms with Crippen LogP contribution in [-0.2, 0) is 9.84 Å². The zero-order chi connectivity index (χ0) is 14.2. The number of aliphatic hydroxyl groups is 1. The third kappa shape index (κ3) is 2.52. The summed E-state index contributed by atoms with van der Waals surface area (Å²) < 4.78 is 25.1. The van der Waals surface area contributed by atoms with Crippen LogP contribution in [0.4, 0.5) is 5.69 Å². The fraction of sp³-hybridized carbons (Fsp3) is 0.500. The highest BCUT2D eigenvalue weighted by molar-refractivity contribution is 7.92. The van der Waals surface area contributed by atoms with Gasteiger partial charge in [0, 0.05) is 0 Å². The molecule has 1 aromatic carbocycles. The van der Waals surface area contributed by atoms with Gasteiger partial charge in [-0.05, 0) is 25.0 Å². The van der Waals surface area contributed by atoms with Gasteiger partial charge in [0.15, 0.2) is 15.6 Å². The van der Waals surface area contributed by atoms with Crippen molar-refractivity contribution in [1.82, 2.24) is 0 Å². The third-order valence-corrected chi connectivity index (χ3v) is 6.22. The minimum absolute atomic E-state index is 0.0479. The molecule has 106 valence electrons. The van der Waals surface area contributed by atoms with Gasteiger partial charge < -0.3 is 15.9 Å². The van der Waals surface area contributed by atoms with Gasteiger partial charge in [-0.15, -0.1) is 0 Å². The lowest BCUT2D eigenvalue weighted by Gasteiger charge is -2.27. The quantitative estimate of drug-likeness (QED) is 0.570. The Labute approximate surface area is 116 Å². The predicted molar refractivity (Wildman–Crippen MR) is 73.0 cm³/mol. The van der Waals surface area contributed by atoms with E-state index in [9.17, 15) is 18.6 Å². The molecule has 0 heterocycles. The Morgan fingerprint density at radius 3 is 2.53 bits per heavy atom. The van der Waals surface area contributed by atoms with Crippen molar-refractivity contribution in [2.24, 2.45) is 0 Å². The van der Waals surface area contributed by atoms with Crippen LogP contribution in [0.15, 0.2) is 17.0 Å². The predicted octanol–water partition coefficient (Wildman–Crippen LogP) is 1.71. The van der Waals surface area contributed by atoms with Crippen LogP contribution >= 0.6 is 11.6 Å². The van der Waals surface area contributed by atoms with Crippen LogP contribution < -0.4 is 5.73 Å². The lowest BCUT2D eigenvalue weighted by atomic mass is 9.97. The number of halogens is 1. The van der Waals surface area contributed by atoms with Crippen LogP contribution in [0, 0.1) is 0 Å². The molecule has 0 aromatic heterocycles. The van der Waals surface area contributed by atoms with Crippen molar-refractivity contribution in [2.45, 2.75) is 41.9 Å². The normalized spacial score (nSPS) is 24.3. The highest BCUT2D eigenvalue weighted by atomic mass is 35.5. The summed E-state index contributed by atoms with van der Waals surface area (Å²) in [4.78, 5) is -0.375. The monoisotopic (exact) mass is 305 g/mol. The minimum atomic E-state index is -3.91. The molecular weight excluding hydrogens is 290 g/mol. The summed E-state index contributed by atoms with van der Waals surface area (Å²) in [5.74, 6) is -0.537. The zero-order valence-electron chi connectivity index (χ0n) is 10.2. The molecule has 0 radical (unpaired) electrons. The number of phenolic OH excluding ortho intramolecular Hbond substituents is 1. The van der Waals surface area contributed by atoms with E-state index in [1.165, 1.54) is 12.1 Å². The highest BCUT2D eigenvalue weighted by Gasteiger charge is 2.38. The second-order valence-electron chi connectivity index (χ2n) is 4.75. The van der Waals surface area contributed by atoms with E-state index < -0.39 is 26.9 Å². The maximum Gasteiger partial charge on any atom is 0.188 e. The second-order valence-corrected chi connectivity index (χ2v) is 7.26. The Hall–Kier alpha value is -0.980. The lowest BCUT2D eigenvalue weighted by molar-refractivity contribution is 0.133. The smallest absolute Gasteiger partial charge is 0.188 e. The number of aromatic hydroxyl groups is 1. The molecule has 1 aromatic rings. The van der Waals surface area contributed by atoms with Crippen molar-refractivity contribution in [3.05, 3.63) is 17.2 Å². The first kappa shape index (κ1) is 14.4. The molecule has 1 aliphatic rings. The summed E-state index contributed by atoms with van der Waals surface area (Å²) in [6.45, 7) is 0. The van der Waals surface area contributed by atoms with Gasteiger partial charge in [0.2, 0.25) is 0 Å². The van der Waals surface area contributed by atoms with E-state index in [4.69, 9.17) is 17.3 Å². The Kier molecular flexibility index (Phi) is 3.94. The molecule has 0 aliphatic heterocycles. The molecule has 1 aliphatic carbocycles. The number of nitrogen functional groups attached to an aromatic ring is 1. The van der Waals surface area contributed by atoms with Crippen molar-refractivity contribution < 1.29 is 18.6 Å². The van der Waals surface area contributed by atoms with E-state index in [0.717, 1.165) is 12.8 Å². The molecule has 7 heteroatoms. The standard InChI is InChI=1S/C12H16ClNO4S/c13-7-5-6-8(14)11(16)12(7)19(17,18)10-4-2-1-3-9(10)15/h5-6,9-10,15-16H,1-4,14H2/t9-,10?/m1/s1. The minimum Gasteiger partial charge on any atom is -0.504 e. The van der Waals surface area contributed by atoms with E-state index in [1.807, 2.05) is 0 Å². The average Bonchev–Trinajstić information content (AvgIpc) is 2.34. The first-order valence-corrected chi connectivity index (χ1v) is 7.97. The molecular formula is C12H16ClNO4S. The molecule has 1 saturated carbocycles. The van der Waals surface area contributed by atoms with E-state index in [2.05, 4.69) is 0 Å². The number of hydrogen-bond acceptors (Lipinski definition) is 5. The summed E-state index contributed by atoms with van der Waals surface area (Å²) in [6.07, 6.45) is 1.38. The van der Waals surface area contributed by atoms with Crippen molar-refractivity contribution >= 4 is 27.1 Å². The highest BCUT2D eigenvalue weighted by Crippen LogP contribution is 2.40. The first-order chi connectivity index (χ1) is 8.85. The maximum absolute atomic E-state index is 12.5. The Morgan fingerprint density at radius 2 is 1.89 bits per heavy atom. The SMILES string of the molecule is Nc1ccc(Cl)c(S(=O)(=O)C2CCCC[C@H]2O)c1O. The average molecular weight is 306 g/mol. The van der Waals surface area contributed by atoms with Gasteiger partial charge in [-0.3, -0.25) is 0 Å². The number of aliphatic hydroxyl groups excluding tert-OH is 1. The number of phenols is 1. The number of anilines is 1. The number of hydrogen-bond donors (Lipinski definition) is 3. The van der Waals surface area contributed by atoms with Gasteiger partial charge in [-0.25, -0.2) is 8.42 Å². The summed E-state index contributed by atoms with van der Waals surface area (Å²) in [7, 11) is -3.91. The number of nitrogens with two attached hydrogens (primary N) is 1. The molecule has 0 spiro atoms. The molecule has 0 saturated heterocycles. The van der Waals surface area contributed by atoms with Crippen LogP contribution in [0.1, 0.15) is 25.7 Å². The van der Waals surface area contributed by atoms with Crippen molar-refractivity contribution in [3.8, 4) is 5.75 Å². The van der Waals surface area contributed by atoms with Crippen molar-refractivity contribution in [2.75, 3.05) is 5.73 Å². The fourth-order valence-corrected chi connectivity index (χ4v) is 4.95. The zero-order valence-corrected chi connectivity index (χ0v) is 11.8. The largest absolute Gasteiger partial charge is 0.504 e. The third-order valence-electron chi connectivity index (χ3n) is 3.47. The summed E-state index contributed by atoms with van der Waals surface area (Å²) in [6, 6.07) is 2.67. The second kappa shape index (κ2) is 5.19. The first-order valence-electron chi connectivity index (χ1n) is 6.04. The molecule has 0 bridgehead atoms. The number of benzene rings is 1. The Morgan fingerprint density at radius 1 is 1.26 bits per heavy atom. The molecule has 4 N–H and O–H groups in total. The van der Waals surface area contributed by atoms with E-state index >= 15 is 0 Å². The molecule has 5 nitrogen and oxygen atoms in total. The molecule has 1 fully saturated rings. The van der Waals surface area contributed by atoms with Crippen LogP contribution in [0.5, 0.6) is 5.75 Å². The van der Waals surface area contributed by atoms with Crippen LogP contribution in [0.2, 0.25) is 5.02 Å². The van der Waals surface area contributed by atoms with Gasteiger partial charge in [0.1, 0.15) is 4.90 Å². The topological polar surface area (TPSA) is 101 Å². The fourth-order valence-electron chi connectivity index (χ4n) is 2.42. The number of rotatable bonds is 2. The Balaban J connectivity index is 2.53. The van der Waals surface area contributed by atoms with Gasteiger partial charge in [0.25, 0.3) is 0 Å². The molecule has 1 unspecified atom stereocenters. The summed E-state index contributed by atoms with van der Waals surface area (Å²) >= 11 is 5.88. The van der Waals surface area contributed by atoms with E-state index in [-0.39, 0.29) is 15.6 Å². The van der Waals surface area contributed by atoms with E-state index in [0.29, 0.717) is 12.8 Å². The van der Waals surface area contributed by atoms with Gasteiger partial charge in [-0.2, -0.15) is 0 Å². The van der Waals surface area contributed by atoms with Gasteiger partial charge in [-0.1, -0.05) is 24.4 Å². The van der Waals surface area contributed by atoms with Crippen molar-refractivity contribution in [1.29, 1.82) is 0 Å². The summed E-state index contributed by atoms with van der Waals surface area (Å²) in [5, 5.41) is 18.7. The number of sulfone groups is 1. The molecule has 0 amide bonds. The Bertz CT molecular complexity index is 588. The van der Waals surface area contributed by atoms with Gasteiger partial charge in [0.05, 0.1) is 22.1 Å². The van der Waals surface area contributed by atoms with Crippen molar-refractivity contribution in [3.63, 3.8) is 0 Å². The van der Waals surface area contributed by atoms with Crippen LogP contribution in [0.3, 0.4) is 0 Å². The van der Waals surface area contributed by atoms with Gasteiger partial charge >= 0.3 is 0 Å². The maximum atomic E-state index is 12.5. The van der Waals surface area contributed by atoms with Crippen LogP contribution in [-0.4, -0.2) is 30.0 Å².